The van der Waals surface area contributed by atoms with Crippen LogP contribution in [0.2, 0.25) is 5.02 Å². The van der Waals surface area contributed by atoms with Crippen molar-refractivity contribution in [2.45, 2.75) is 13.5 Å². The largest absolute Gasteiger partial charge is 0.366 e. The lowest BCUT2D eigenvalue weighted by Crippen LogP contribution is -2.27. The molecule has 0 atom stereocenters. The zero-order valence-corrected chi connectivity index (χ0v) is 14.6. The highest BCUT2D eigenvalue weighted by molar-refractivity contribution is 6.34. The van der Waals surface area contributed by atoms with Gasteiger partial charge >= 0.3 is 0 Å². The maximum Gasteiger partial charge on any atom is 0.276 e. The summed E-state index contributed by atoms with van der Waals surface area (Å²) in [5.74, 6) is -1.15. The van der Waals surface area contributed by atoms with Crippen molar-refractivity contribution >= 4 is 39.9 Å². The summed E-state index contributed by atoms with van der Waals surface area (Å²) in [6.45, 7) is 2.11. The fourth-order valence-corrected chi connectivity index (χ4v) is 2.87. The summed E-state index contributed by atoms with van der Waals surface area (Å²) in [5, 5.41) is 7.85. The molecule has 0 aliphatic heterocycles. The number of amides is 2. The van der Waals surface area contributed by atoms with Crippen LogP contribution in [-0.2, 0) is 6.54 Å². The van der Waals surface area contributed by atoms with Gasteiger partial charge in [-0.05, 0) is 31.2 Å². The van der Waals surface area contributed by atoms with Crippen molar-refractivity contribution in [1.82, 2.24) is 9.78 Å². The van der Waals surface area contributed by atoms with Gasteiger partial charge in [-0.25, -0.2) is 4.68 Å². The number of aromatic nitrogens is 2. The normalized spacial score (nSPS) is 10.7. The molecule has 3 N–H and O–H groups in total. The molecule has 7 nitrogen and oxygen atoms in total. The molecular weight excluding hydrogens is 356 g/mol. The zero-order valence-electron chi connectivity index (χ0n) is 13.8. The minimum Gasteiger partial charge on any atom is -0.366 e. The van der Waals surface area contributed by atoms with Crippen molar-refractivity contribution in [1.29, 1.82) is 0 Å². The number of nitrogens with two attached hydrogens (primary N) is 1. The molecule has 0 fully saturated rings. The lowest BCUT2D eigenvalue weighted by Gasteiger charge is -2.11. The van der Waals surface area contributed by atoms with Gasteiger partial charge < -0.3 is 11.1 Å². The molecule has 26 heavy (non-hydrogen) atoms. The van der Waals surface area contributed by atoms with Gasteiger partial charge in [-0.1, -0.05) is 29.8 Å². The molecular formula is C18H15ClN4O3. The maximum absolute atomic E-state index is 12.7. The lowest BCUT2D eigenvalue weighted by molar-refractivity contribution is 0.0998. The van der Waals surface area contributed by atoms with Crippen molar-refractivity contribution < 1.29 is 9.59 Å². The van der Waals surface area contributed by atoms with Gasteiger partial charge in [0.2, 0.25) is 5.91 Å². The van der Waals surface area contributed by atoms with Crippen LogP contribution in [0.5, 0.6) is 0 Å². The first kappa shape index (κ1) is 17.6. The predicted octanol–water partition coefficient (Wildman–Crippen LogP) is 2.42. The van der Waals surface area contributed by atoms with Crippen LogP contribution in [0.15, 0.2) is 47.3 Å². The van der Waals surface area contributed by atoms with Crippen molar-refractivity contribution in [3.63, 3.8) is 0 Å². The number of halogens is 1. The lowest BCUT2D eigenvalue weighted by atomic mass is 10.1. The third kappa shape index (κ3) is 3.16. The summed E-state index contributed by atoms with van der Waals surface area (Å²) in [4.78, 5) is 36.3. The Morgan fingerprint density at radius 3 is 2.50 bits per heavy atom. The number of nitrogens with one attached hydrogen (secondary N) is 1. The van der Waals surface area contributed by atoms with E-state index in [1.165, 1.54) is 22.9 Å². The molecule has 2 amide bonds. The molecule has 0 bridgehead atoms. The van der Waals surface area contributed by atoms with E-state index < -0.39 is 11.8 Å². The number of aryl methyl sites for hydroxylation is 1. The van der Waals surface area contributed by atoms with Crippen molar-refractivity contribution in [3.05, 3.63) is 69.1 Å². The third-order valence-electron chi connectivity index (χ3n) is 3.87. The van der Waals surface area contributed by atoms with Crippen molar-refractivity contribution in [2.75, 3.05) is 5.32 Å². The number of primary amides is 1. The summed E-state index contributed by atoms with van der Waals surface area (Å²) in [5.41, 5.74) is 5.62. The fraction of sp³-hybridized carbons (Fsp3) is 0.111. The number of carbonyl (C=O) groups is 2. The topological polar surface area (TPSA) is 107 Å². The summed E-state index contributed by atoms with van der Waals surface area (Å²) < 4.78 is 1.24. The van der Waals surface area contributed by atoms with Crippen LogP contribution < -0.4 is 16.6 Å². The Labute approximate surface area is 153 Å². The smallest absolute Gasteiger partial charge is 0.276 e. The van der Waals surface area contributed by atoms with Gasteiger partial charge in [-0.15, -0.1) is 0 Å². The van der Waals surface area contributed by atoms with E-state index in [1.54, 1.807) is 31.2 Å². The first-order valence-electron chi connectivity index (χ1n) is 7.83. The van der Waals surface area contributed by atoms with E-state index in [4.69, 9.17) is 17.3 Å². The molecule has 132 valence electrons. The molecule has 8 heteroatoms. The summed E-state index contributed by atoms with van der Waals surface area (Å²) in [6.07, 6.45) is 0. The van der Waals surface area contributed by atoms with Gasteiger partial charge in [-0.2, -0.15) is 5.10 Å². The van der Waals surface area contributed by atoms with Gasteiger partial charge in [-0.3, -0.25) is 14.4 Å². The summed E-state index contributed by atoms with van der Waals surface area (Å²) >= 11 is 6.00. The van der Waals surface area contributed by atoms with Crippen molar-refractivity contribution in [3.8, 4) is 0 Å². The molecule has 3 rings (SSSR count). The Morgan fingerprint density at radius 1 is 1.19 bits per heavy atom. The maximum atomic E-state index is 12.7. The molecule has 1 aromatic heterocycles. The molecule has 0 radical (unpaired) electrons. The second kappa shape index (κ2) is 6.97. The van der Waals surface area contributed by atoms with E-state index in [-0.39, 0.29) is 21.8 Å². The Morgan fingerprint density at radius 2 is 1.88 bits per heavy atom. The van der Waals surface area contributed by atoms with E-state index >= 15 is 0 Å². The highest BCUT2D eigenvalue weighted by atomic mass is 35.5. The second-order valence-corrected chi connectivity index (χ2v) is 5.94. The van der Waals surface area contributed by atoms with Crippen LogP contribution in [0.3, 0.4) is 0 Å². The average molecular weight is 371 g/mol. The number of rotatable bonds is 4. The molecule has 0 aliphatic rings. The number of hydrogen-bond donors (Lipinski definition) is 2. The van der Waals surface area contributed by atoms with Crippen LogP contribution in [0.25, 0.3) is 10.8 Å². The minimum atomic E-state index is -0.657. The van der Waals surface area contributed by atoms with Gasteiger partial charge in [0.1, 0.15) is 0 Å². The molecule has 0 aliphatic carbocycles. The van der Waals surface area contributed by atoms with E-state index in [0.29, 0.717) is 23.0 Å². The first-order chi connectivity index (χ1) is 12.4. The summed E-state index contributed by atoms with van der Waals surface area (Å²) in [7, 11) is 0. The van der Waals surface area contributed by atoms with Gasteiger partial charge in [0, 0.05) is 17.6 Å². The van der Waals surface area contributed by atoms with Gasteiger partial charge in [0.15, 0.2) is 5.69 Å². The average Bonchev–Trinajstić information content (AvgIpc) is 2.62. The standard InChI is InChI=1S/C18H15ClN4O3/c1-2-23-18(26)12-6-4-3-5-11(12)15(22-23)17(25)21-10-7-8-13(16(20)24)14(19)9-10/h3-9H,2H2,1H3,(H2,20,24)(H,21,25). The van der Waals surface area contributed by atoms with Crippen LogP contribution >= 0.6 is 11.6 Å². The molecule has 2 aromatic carbocycles. The Hall–Kier alpha value is -3.19. The number of carbonyl (C=O) groups excluding carboxylic acids is 2. The van der Waals surface area contributed by atoms with Gasteiger partial charge in [0.25, 0.3) is 11.5 Å². The van der Waals surface area contributed by atoms with Gasteiger partial charge in [0.05, 0.1) is 16.0 Å². The number of benzene rings is 2. The number of hydrogen-bond acceptors (Lipinski definition) is 4. The monoisotopic (exact) mass is 370 g/mol. The molecule has 3 aromatic rings. The molecule has 0 saturated heterocycles. The van der Waals surface area contributed by atoms with E-state index in [0.717, 1.165) is 0 Å². The predicted molar refractivity (Wildman–Crippen MR) is 99.6 cm³/mol. The van der Waals surface area contributed by atoms with Crippen LogP contribution in [0.4, 0.5) is 5.69 Å². The third-order valence-corrected chi connectivity index (χ3v) is 4.19. The SMILES string of the molecule is CCn1nc(C(=O)Nc2ccc(C(N)=O)c(Cl)c2)c2ccccc2c1=O. The van der Waals surface area contributed by atoms with Crippen molar-refractivity contribution in [2.24, 2.45) is 5.73 Å². The number of fused-ring (bicyclic) bond motifs is 1. The Kier molecular flexibility index (Phi) is 4.73. The molecule has 1 heterocycles. The van der Waals surface area contributed by atoms with E-state index in [1.807, 2.05) is 0 Å². The zero-order chi connectivity index (χ0) is 18.8. The van der Waals surface area contributed by atoms with Crippen LogP contribution in [-0.4, -0.2) is 21.6 Å². The first-order valence-corrected chi connectivity index (χ1v) is 8.20. The quantitative estimate of drug-likeness (QED) is 0.735. The van der Waals surface area contributed by atoms with Crippen LogP contribution in [0.1, 0.15) is 27.8 Å². The van der Waals surface area contributed by atoms with E-state index in [2.05, 4.69) is 10.4 Å². The van der Waals surface area contributed by atoms with Crippen LogP contribution in [0, 0.1) is 0 Å². The molecule has 0 saturated carbocycles. The molecule has 0 spiro atoms. The number of anilines is 1. The number of nitrogens with zero attached hydrogens (tertiary/aromatic N) is 2. The second-order valence-electron chi connectivity index (χ2n) is 5.53. The molecule has 0 unspecified atom stereocenters. The summed E-state index contributed by atoms with van der Waals surface area (Å²) in [6, 6.07) is 11.2. The highest BCUT2D eigenvalue weighted by Crippen LogP contribution is 2.22. The fourth-order valence-electron chi connectivity index (χ4n) is 2.60. The Balaban J connectivity index is 2.03. The minimum absolute atomic E-state index is 0.122. The Bertz CT molecular complexity index is 1090. The van der Waals surface area contributed by atoms with E-state index in [9.17, 15) is 14.4 Å². The highest BCUT2D eigenvalue weighted by Gasteiger charge is 2.17.